The van der Waals surface area contributed by atoms with Crippen molar-refractivity contribution in [3.05, 3.63) is 47.0 Å². The van der Waals surface area contributed by atoms with Crippen molar-refractivity contribution in [3.63, 3.8) is 0 Å². The second-order valence-electron chi connectivity index (χ2n) is 8.39. The van der Waals surface area contributed by atoms with Crippen LogP contribution in [0.15, 0.2) is 42.0 Å². The topological polar surface area (TPSA) is 87.7 Å². The molecule has 176 valence electrons. The molecule has 2 atom stereocenters. The van der Waals surface area contributed by atoms with Crippen LogP contribution in [0.2, 0.25) is 5.02 Å². The van der Waals surface area contributed by atoms with Gasteiger partial charge in [0, 0.05) is 37.7 Å². The predicted molar refractivity (Wildman–Crippen MR) is 128 cm³/mol. The number of carbonyl (C=O) groups is 2. The lowest BCUT2D eigenvalue weighted by Gasteiger charge is -2.38. The standard InChI is InChI=1S/C24H30ClN5O3/c1-3-18(31)15-33-21-13-16-12-17(8-9-20(16)30(4-2)23(21)32)27-22-19(25)14-26-24(28-22)29-10-6-5-7-11-29/h8-9,12-14,16,20H,3-7,10-11,15H2,1-2H3,(H,26,27,28). The third-order valence-corrected chi connectivity index (χ3v) is 6.45. The van der Waals surface area contributed by atoms with Crippen LogP contribution < -0.4 is 10.2 Å². The number of anilines is 2. The molecule has 0 aromatic carbocycles. The molecule has 0 radical (unpaired) electrons. The van der Waals surface area contributed by atoms with Gasteiger partial charge < -0.3 is 19.9 Å². The van der Waals surface area contributed by atoms with E-state index in [4.69, 9.17) is 16.3 Å². The number of fused-ring (bicyclic) bond motifs is 1. The first-order chi connectivity index (χ1) is 16.0. The fourth-order valence-corrected chi connectivity index (χ4v) is 4.45. The number of halogens is 1. The number of nitrogens with zero attached hydrogens (tertiary/aromatic N) is 4. The monoisotopic (exact) mass is 471 g/mol. The van der Waals surface area contributed by atoms with Crippen LogP contribution in [0.3, 0.4) is 0 Å². The Labute approximate surface area is 199 Å². The Balaban J connectivity index is 1.54. The highest BCUT2D eigenvalue weighted by molar-refractivity contribution is 6.32. The zero-order valence-electron chi connectivity index (χ0n) is 19.1. The average molecular weight is 472 g/mol. The highest BCUT2D eigenvalue weighted by atomic mass is 35.5. The number of piperidine rings is 1. The quantitative estimate of drug-likeness (QED) is 0.618. The fraction of sp³-hybridized carbons (Fsp3) is 0.500. The molecule has 2 unspecified atom stereocenters. The Morgan fingerprint density at radius 3 is 2.76 bits per heavy atom. The number of rotatable bonds is 8. The number of nitrogens with one attached hydrogen (secondary N) is 1. The lowest BCUT2D eigenvalue weighted by molar-refractivity contribution is -0.135. The van der Waals surface area contributed by atoms with Gasteiger partial charge in [-0.1, -0.05) is 30.7 Å². The first-order valence-electron chi connectivity index (χ1n) is 11.6. The number of ether oxygens (including phenoxy) is 1. The number of hydrogen-bond donors (Lipinski definition) is 1. The molecule has 8 nitrogen and oxygen atoms in total. The van der Waals surface area contributed by atoms with E-state index < -0.39 is 0 Å². The minimum atomic E-state index is -0.192. The molecule has 1 aliphatic carbocycles. The summed E-state index contributed by atoms with van der Waals surface area (Å²) in [5.41, 5.74) is 0.826. The molecular formula is C24H30ClN5O3. The number of ketones is 1. The van der Waals surface area contributed by atoms with Crippen molar-refractivity contribution in [1.82, 2.24) is 14.9 Å². The van der Waals surface area contributed by atoms with Crippen LogP contribution in [0.25, 0.3) is 0 Å². The van der Waals surface area contributed by atoms with E-state index in [1.165, 1.54) is 6.42 Å². The van der Waals surface area contributed by atoms with Crippen molar-refractivity contribution >= 4 is 35.1 Å². The highest BCUT2D eigenvalue weighted by Gasteiger charge is 2.36. The minimum absolute atomic E-state index is 0.0433. The normalized spacial score (nSPS) is 22.5. The van der Waals surface area contributed by atoms with Gasteiger partial charge >= 0.3 is 0 Å². The zero-order chi connectivity index (χ0) is 23.4. The lowest BCUT2D eigenvalue weighted by Crippen LogP contribution is -2.48. The first kappa shape index (κ1) is 23.3. The van der Waals surface area contributed by atoms with E-state index in [-0.39, 0.29) is 36.0 Å². The molecule has 1 aromatic rings. The van der Waals surface area contributed by atoms with Gasteiger partial charge in [0.1, 0.15) is 11.6 Å². The van der Waals surface area contributed by atoms with E-state index in [1.807, 2.05) is 25.2 Å². The summed E-state index contributed by atoms with van der Waals surface area (Å²) >= 11 is 6.39. The number of carbonyl (C=O) groups excluding carboxylic acids is 2. The Bertz CT molecular complexity index is 1000. The molecule has 33 heavy (non-hydrogen) atoms. The summed E-state index contributed by atoms with van der Waals surface area (Å²) in [5, 5.41) is 3.76. The van der Waals surface area contributed by atoms with Gasteiger partial charge in [-0.25, -0.2) is 4.98 Å². The van der Waals surface area contributed by atoms with Gasteiger partial charge in [0.2, 0.25) is 5.95 Å². The first-order valence-corrected chi connectivity index (χ1v) is 12.0. The number of aromatic nitrogens is 2. The average Bonchev–Trinajstić information content (AvgIpc) is 2.84. The summed E-state index contributed by atoms with van der Waals surface area (Å²) in [6.45, 7) is 6.05. The molecule has 3 aliphatic rings. The fourth-order valence-electron chi connectivity index (χ4n) is 4.31. The number of allylic oxidation sites excluding steroid dienone is 1. The number of hydrogen-bond acceptors (Lipinski definition) is 7. The molecule has 2 aliphatic heterocycles. The van der Waals surface area contributed by atoms with E-state index in [0.717, 1.165) is 31.6 Å². The molecule has 9 heteroatoms. The van der Waals surface area contributed by atoms with Crippen LogP contribution in [-0.2, 0) is 14.3 Å². The molecule has 3 heterocycles. The van der Waals surface area contributed by atoms with E-state index in [0.29, 0.717) is 29.8 Å². The van der Waals surface area contributed by atoms with Crippen molar-refractivity contribution in [1.29, 1.82) is 0 Å². The molecule has 1 amide bonds. The summed E-state index contributed by atoms with van der Waals surface area (Å²) < 4.78 is 5.58. The summed E-state index contributed by atoms with van der Waals surface area (Å²) in [6, 6.07) is -0.105. The largest absolute Gasteiger partial charge is 0.480 e. The summed E-state index contributed by atoms with van der Waals surface area (Å²) in [5.74, 6) is 1.12. The Morgan fingerprint density at radius 1 is 1.24 bits per heavy atom. The lowest BCUT2D eigenvalue weighted by atomic mass is 9.88. The van der Waals surface area contributed by atoms with Crippen molar-refractivity contribution < 1.29 is 14.3 Å². The van der Waals surface area contributed by atoms with Crippen LogP contribution in [0.1, 0.15) is 39.5 Å². The second-order valence-corrected chi connectivity index (χ2v) is 8.80. The maximum atomic E-state index is 12.8. The van der Waals surface area contributed by atoms with Gasteiger partial charge in [-0.3, -0.25) is 9.59 Å². The molecule has 0 bridgehead atoms. The van der Waals surface area contributed by atoms with Gasteiger partial charge in [0.15, 0.2) is 17.4 Å². The van der Waals surface area contributed by atoms with Crippen molar-refractivity contribution in [2.75, 3.05) is 36.5 Å². The molecule has 1 N–H and O–H groups in total. The van der Waals surface area contributed by atoms with Crippen molar-refractivity contribution in [2.45, 2.75) is 45.6 Å². The molecule has 1 aromatic heterocycles. The molecule has 4 rings (SSSR count). The van der Waals surface area contributed by atoms with E-state index >= 15 is 0 Å². The smallest absolute Gasteiger partial charge is 0.289 e. The maximum Gasteiger partial charge on any atom is 0.289 e. The maximum absolute atomic E-state index is 12.8. The van der Waals surface area contributed by atoms with Crippen LogP contribution in [0.4, 0.5) is 11.8 Å². The number of likely N-dealkylation sites (N-methyl/N-ethyl adjacent to an activating group) is 1. The van der Waals surface area contributed by atoms with E-state index in [2.05, 4.69) is 20.2 Å². The third-order valence-electron chi connectivity index (χ3n) is 6.17. The number of Topliss-reactive ketones (excluding diaryl/α,β-unsaturated/α-hetero) is 1. The molecule has 0 saturated carbocycles. The SMILES string of the molecule is CCC(=O)COC1=CC2C=C(Nc3nc(N4CCCCC4)ncc3Cl)C=CC2N(CC)C1=O. The second kappa shape index (κ2) is 10.4. The Hall–Kier alpha value is -2.87. The van der Waals surface area contributed by atoms with Gasteiger partial charge in [-0.15, -0.1) is 0 Å². The van der Waals surface area contributed by atoms with Gasteiger partial charge in [0.25, 0.3) is 5.91 Å². The highest BCUT2D eigenvalue weighted by Crippen LogP contribution is 2.32. The van der Waals surface area contributed by atoms with Gasteiger partial charge in [0.05, 0.1) is 12.2 Å². The van der Waals surface area contributed by atoms with E-state index in [1.54, 1.807) is 24.1 Å². The van der Waals surface area contributed by atoms with Gasteiger partial charge in [-0.05, 0) is 38.3 Å². The minimum Gasteiger partial charge on any atom is -0.480 e. The van der Waals surface area contributed by atoms with Crippen LogP contribution in [0, 0.1) is 5.92 Å². The third kappa shape index (κ3) is 5.21. The van der Waals surface area contributed by atoms with Crippen molar-refractivity contribution in [3.8, 4) is 0 Å². The van der Waals surface area contributed by atoms with Crippen molar-refractivity contribution in [2.24, 2.45) is 5.92 Å². The summed E-state index contributed by atoms with van der Waals surface area (Å²) in [7, 11) is 0. The molecular weight excluding hydrogens is 442 g/mol. The van der Waals surface area contributed by atoms with Gasteiger partial charge in [-0.2, -0.15) is 4.98 Å². The van der Waals surface area contributed by atoms with Crippen LogP contribution in [0.5, 0.6) is 0 Å². The molecule has 0 spiro atoms. The predicted octanol–water partition coefficient (Wildman–Crippen LogP) is 3.71. The molecule has 1 fully saturated rings. The van der Waals surface area contributed by atoms with Crippen LogP contribution >= 0.6 is 11.6 Å². The number of amides is 1. The summed E-state index contributed by atoms with van der Waals surface area (Å²) in [6.07, 6.45) is 13.3. The summed E-state index contributed by atoms with van der Waals surface area (Å²) in [4.78, 5) is 37.5. The zero-order valence-corrected chi connectivity index (χ0v) is 19.8. The Morgan fingerprint density at radius 2 is 2.03 bits per heavy atom. The van der Waals surface area contributed by atoms with E-state index in [9.17, 15) is 9.59 Å². The molecule has 1 saturated heterocycles. The van der Waals surface area contributed by atoms with Crippen LogP contribution in [-0.4, -0.2) is 58.8 Å². The Kier molecular flexibility index (Phi) is 7.33.